The predicted molar refractivity (Wildman–Crippen MR) is 70.4 cm³/mol. The normalized spacial score (nSPS) is 23.2. The second kappa shape index (κ2) is 6.07. The Morgan fingerprint density at radius 2 is 2.12 bits per heavy atom. The molecule has 1 aliphatic carbocycles. The molecular formula is C12H22N2O2S. The lowest BCUT2D eigenvalue weighted by Crippen LogP contribution is -2.48. The van der Waals surface area contributed by atoms with Gasteiger partial charge in [0.05, 0.1) is 19.8 Å². The largest absolute Gasteiger partial charge is 0.378 e. The van der Waals surface area contributed by atoms with Crippen LogP contribution in [-0.2, 0) is 9.53 Å². The lowest BCUT2D eigenvalue weighted by molar-refractivity contribution is -0.134. The number of carbonyl (C=O) groups is 1. The van der Waals surface area contributed by atoms with E-state index in [-0.39, 0.29) is 5.91 Å². The number of morpholine rings is 1. The van der Waals surface area contributed by atoms with Gasteiger partial charge in [0.15, 0.2) is 0 Å². The van der Waals surface area contributed by atoms with Crippen molar-refractivity contribution in [3.05, 3.63) is 0 Å². The Labute approximate surface area is 107 Å². The summed E-state index contributed by atoms with van der Waals surface area (Å²) in [5.41, 5.74) is 0. The van der Waals surface area contributed by atoms with E-state index in [1.165, 1.54) is 19.3 Å². The molecule has 0 atom stereocenters. The Morgan fingerprint density at radius 1 is 1.41 bits per heavy atom. The van der Waals surface area contributed by atoms with Gasteiger partial charge in [-0.3, -0.25) is 4.79 Å². The molecule has 0 aromatic heterocycles. The number of thioether (sulfide) groups is 1. The van der Waals surface area contributed by atoms with E-state index in [9.17, 15) is 4.79 Å². The van der Waals surface area contributed by atoms with Crippen LogP contribution in [0.15, 0.2) is 0 Å². The molecule has 4 nitrogen and oxygen atoms in total. The molecule has 0 aromatic carbocycles. The molecule has 1 heterocycles. The van der Waals surface area contributed by atoms with Gasteiger partial charge in [-0.2, -0.15) is 11.8 Å². The highest BCUT2D eigenvalue weighted by molar-refractivity contribution is 8.00. The topological polar surface area (TPSA) is 41.6 Å². The molecule has 0 unspecified atom stereocenters. The third-order valence-corrected chi connectivity index (χ3v) is 5.20. The third kappa shape index (κ3) is 3.36. The maximum atomic E-state index is 11.9. The number of ether oxygens (including phenoxy) is 1. The average Bonchev–Trinajstić information content (AvgIpc) is 2.33. The van der Waals surface area contributed by atoms with Crippen molar-refractivity contribution in [1.82, 2.24) is 10.2 Å². The fourth-order valence-corrected chi connectivity index (χ4v) is 3.29. The van der Waals surface area contributed by atoms with Crippen LogP contribution in [0.2, 0.25) is 0 Å². The SMILES string of the molecule is CSC1(CNCC(=O)N2CCOCC2)CCC1. The number of hydrogen-bond donors (Lipinski definition) is 1. The molecule has 0 radical (unpaired) electrons. The Balaban J connectivity index is 1.65. The van der Waals surface area contributed by atoms with E-state index in [2.05, 4.69) is 11.6 Å². The van der Waals surface area contributed by atoms with Gasteiger partial charge in [-0.25, -0.2) is 0 Å². The molecule has 17 heavy (non-hydrogen) atoms. The van der Waals surface area contributed by atoms with Crippen LogP contribution in [-0.4, -0.2) is 61.2 Å². The first-order chi connectivity index (χ1) is 8.26. The van der Waals surface area contributed by atoms with Crippen LogP contribution >= 0.6 is 11.8 Å². The number of nitrogens with one attached hydrogen (secondary N) is 1. The van der Waals surface area contributed by atoms with Crippen LogP contribution in [0, 0.1) is 0 Å². The van der Waals surface area contributed by atoms with Gasteiger partial charge in [-0.15, -0.1) is 0 Å². The summed E-state index contributed by atoms with van der Waals surface area (Å²) in [6.45, 7) is 4.29. The molecular weight excluding hydrogens is 236 g/mol. The van der Waals surface area contributed by atoms with Crippen LogP contribution in [0.25, 0.3) is 0 Å². The van der Waals surface area contributed by atoms with E-state index in [0.29, 0.717) is 24.5 Å². The molecule has 1 N–H and O–H groups in total. The Kier molecular flexibility index (Phi) is 4.70. The maximum absolute atomic E-state index is 11.9. The van der Waals surface area contributed by atoms with E-state index >= 15 is 0 Å². The first-order valence-corrected chi connectivity index (χ1v) is 7.60. The molecule has 1 saturated carbocycles. The zero-order valence-electron chi connectivity index (χ0n) is 10.5. The number of carbonyl (C=O) groups excluding carboxylic acids is 1. The fraction of sp³-hybridized carbons (Fsp3) is 0.917. The van der Waals surface area contributed by atoms with Gasteiger partial charge in [0.1, 0.15) is 0 Å². The molecule has 2 rings (SSSR count). The number of hydrogen-bond acceptors (Lipinski definition) is 4. The van der Waals surface area contributed by atoms with Crippen molar-refractivity contribution in [3.8, 4) is 0 Å². The van der Waals surface area contributed by atoms with Crippen LogP contribution in [0.1, 0.15) is 19.3 Å². The van der Waals surface area contributed by atoms with Crippen LogP contribution in [0.4, 0.5) is 0 Å². The molecule has 0 bridgehead atoms. The molecule has 5 heteroatoms. The van der Waals surface area contributed by atoms with Gasteiger partial charge < -0.3 is 15.0 Å². The molecule has 0 aromatic rings. The summed E-state index contributed by atoms with van der Waals surface area (Å²) in [5, 5.41) is 3.32. The van der Waals surface area contributed by atoms with Crippen molar-refractivity contribution >= 4 is 17.7 Å². The summed E-state index contributed by atoms with van der Waals surface area (Å²) in [6.07, 6.45) is 6.07. The summed E-state index contributed by atoms with van der Waals surface area (Å²) in [4.78, 5) is 13.8. The van der Waals surface area contributed by atoms with Crippen molar-refractivity contribution in [1.29, 1.82) is 0 Å². The Hall–Kier alpha value is -0.260. The van der Waals surface area contributed by atoms with Crippen LogP contribution in [0.5, 0.6) is 0 Å². The first kappa shape index (κ1) is 13.2. The van der Waals surface area contributed by atoms with E-state index in [4.69, 9.17) is 4.74 Å². The van der Waals surface area contributed by atoms with Gasteiger partial charge in [0.25, 0.3) is 0 Å². The molecule has 2 aliphatic rings. The van der Waals surface area contributed by atoms with E-state index in [1.807, 2.05) is 16.7 Å². The van der Waals surface area contributed by atoms with Gasteiger partial charge in [0, 0.05) is 24.4 Å². The maximum Gasteiger partial charge on any atom is 0.236 e. The smallest absolute Gasteiger partial charge is 0.236 e. The molecule has 1 aliphatic heterocycles. The minimum atomic E-state index is 0.212. The number of nitrogens with zero attached hydrogens (tertiary/aromatic N) is 1. The molecule has 0 spiro atoms. The molecule has 1 amide bonds. The lowest BCUT2D eigenvalue weighted by atomic mass is 9.84. The highest BCUT2D eigenvalue weighted by Crippen LogP contribution is 2.42. The van der Waals surface area contributed by atoms with E-state index in [1.54, 1.807) is 0 Å². The molecule has 1 saturated heterocycles. The lowest BCUT2D eigenvalue weighted by Gasteiger charge is -2.40. The van der Waals surface area contributed by atoms with Crippen molar-refractivity contribution in [2.75, 3.05) is 45.6 Å². The number of amides is 1. The van der Waals surface area contributed by atoms with Gasteiger partial charge in [-0.05, 0) is 19.1 Å². The highest BCUT2D eigenvalue weighted by Gasteiger charge is 2.35. The second-order valence-corrected chi connectivity index (χ2v) is 6.11. The summed E-state index contributed by atoms with van der Waals surface area (Å²) in [5.74, 6) is 0.212. The zero-order valence-corrected chi connectivity index (χ0v) is 11.4. The van der Waals surface area contributed by atoms with Crippen LogP contribution < -0.4 is 5.32 Å². The summed E-state index contributed by atoms with van der Waals surface area (Å²) in [6, 6.07) is 0. The quantitative estimate of drug-likeness (QED) is 0.789. The van der Waals surface area contributed by atoms with Crippen molar-refractivity contribution in [2.24, 2.45) is 0 Å². The monoisotopic (exact) mass is 258 g/mol. The fourth-order valence-electron chi connectivity index (χ4n) is 2.35. The first-order valence-electron chi connectivity index (χ1n) is 6.37. The van der Waals surface area contributed by atoms with Crippen molar-refractivity contribution in [2.45, 2.75) is 24.0 Å². The summed E-state index contributed by atoms with van der Waals surface area (Å²) >= 11 is 1.94. The Morgan fingerprint density at radius 3 is 2.65 bits per heavy atom. The minimum absolute atomic E-state index is 0.212. The summed E-state index contributed by atoms with van der Waals surface area (Å²) < 4.78 is 5.64. The average molecular weight is 258 g/mol. The zero-order chi connectivity index (χ0) is 12.1. The number of rotatable bonds is 5. The standard InChI is InChI=1S/C12H22N2O2S/c1-17-12(3-2-4-12)10-13-9-11(15)14-5-7-16-8-6-14/h13H,2-10H2,1H3. The van der Waals surface area contributed by atoms with E-state index in [0.717, 1.165) is 19.6 Å². The highest BCUT2D eigenvalue weighted by atomic mass is 32.2. The van der Waals surface area contributed by atoms with Gasteiger partial charge >= 0.3 is 0 Å². The van der Waals surface area contributed by atoms with Crippen molar-refractivity contribution < 1.29 is 9.53 Å². The van der Waals surface area contributed by atoms with Crippen molar-refractivity contribution in [3.63, 3.8) is 0 Å². The minimum Gasteiger partial charge on any atom is -0.378 e. The van der Waals surface area contributed by atoms with Crippen LogP contribution in [0.3, 0.4) is 0 Å². The summed E-state index contributed by atoms with van der Waals surface area (Å²) in [7, 11) is 0. The molecule has 98 valence electrons. The Bertz CT molecular complexity index is 258. The molecule has 2 fully saturated rings. The third-order valence-electron chi connectivity index (χ3n) is 3.78. The van der Waals surface area contributed by atoms with Gasteiger partial charge in [-0.1, -0.05) is 6.42 Å². The predicted octanol–water partition coefficient (Wildman–Crippen LogP) is 0.720. The van der Waals surface area contributed by atoms with E-state index < -0.39 is 0 Å². The second-order valence-electron chi connectivity index (χ2n) is 4.84. The van der Waals surface area contributed by atoms with Gasteiger partial charge in [0.2, 0.25) is 5.91 Å².